The van der Waals surface area contributed by atoms with Crippen LogP contribution in [0.4, 0.5) is 0 Å². The fraction of sp³-hybridized carbons (Fsp3) is 0.0833. The second kappa shape index (κ2) is 4.41. The first-order chi connectivity index (χ1) is 6.27. The number of carbonyl (C=O) groups is 1. The van der Waals surface area contributed by atoms with Crippen LogP contribution in [-0.2, 0) is 0 Å². The van der Waals surface area contributed by atoms with Crippen molar-refractivity contribution in [3.05, 3.63) is 54.1 Å². The Morgan fingerprint density at radius 3 is 2.38 bits per heavy atom. The first-order valence-corrected chi connectivity index (χ1v) is 4.17. The fourth-order valence-corrected chi connectivity index (χ4v) is 1.03. The molecular weight excluding hydrogens is 160 g/mol. The van der Waals surface area contributed by atoms with E-state index in [4.69, 9.17) is 0 Å². The van der Waals surface area contributed by atoms with Crippen molar-refractivity contribution in [2.75, 3.05) is 0 Å². The summed E-state index contributed by atoms with van der Waals surface area (Å²) >= 11 is 0. The monoisotopic (exact) mass is 172 g/mol. The molecule has 0 fully saturated rings. The Hall–Kier alpha value is -1.63. The Balaban J connectivity index is 2.91. The minimum absolute atomic E-state index is 0.0399. The zero-order valence-electron chi connectivity index (χ0n) is 7.66. The molecule has 0 bridgehead atoms. The van der Waals surface area contributed by atoms with Gasteiger partial charge in [-0.1, -0.05) is 43.0 Å². The molecule has 1 rings (SSSR count). The topological polar surface area (TPSA) is 17.1 Å². The highest BCUT2D eigenvalue weighted by molar-refractivity contribution is 6.04. The predicted octanol–water partition coefficient (Wildman–Crippen LogP) is 3.09. The molecule has 0 atom stereocenters. The van der Waals surface area contributed by atoms with Gasteiger partial charge in [-0.15, -0.1) is 0 Å². The molecule has 1 aromatic rings. The lowest BCUT2D eigenvalue weighted by Crippen LogP contribution is -1.92. The van der Waals surface area contributed by atoms with E-state index in [1.807, 2.05) is 19.1 Å². The van der Waals surface area contributed by atoms with Crippen molar-refractivity contribution in [1.82, 2.24) is 0 Å². The number of hydrogen-bond acceptors (Lipinski definition) is 1. The molecule has 0 unspecified atom stereocenters. The normalized spacial score (nSPS) is 10.2. The molecule has 0 radical (unpaired) electrons. The lowest BCUT2D eigenvalue weighted by molar-refractivity contribution is 0.104. The summed E-state index contributed by atoms with van der Waals surface area (Å²) in [4.78, 5) is 11.3. The van der Waals surface area contributed by atoms with Crippen molar-refractivity contribution >= 4 is 11.9 Å². The molecule has 66 valence electrons. The zero-order chi connectivity index (χ0) is 9.68. The molecule has 0 amide bonds. The second-order valence-electron chi connectivity index (χ2n) is 2.69. The van der Waals surface area contributed by atoms with Crippen LogP contribution < -0.4 is 0 Å². The van der Waals surface area contributed by atoms with Crippen LogP contribution >= 0.6 is 0 Å². The summed E-state index contributed by atoms with van der Waals surface area (Å²) < 4.78 is 0. The lowest BCUT2D eigenvalue weighted by Gasteiger charge is -1.96. The molecule has 13 heavy (non-hydrogen) atoms. The molecule has 0 N–H and O–H groups in total. The number of ketones is 1. The van der Waals surface area contributed by atoms with Crippen LogP contribution in [0.2, 0.25) is 0 Å². The SMILES string of the molecule is C=Cc1ccc(C(=O)/C=C/C)cc1. The first-order valence-electron chi connectivity index (χ1n) is 4.17. The molecule has 0 saturated heterocycles. The highest BCUT2D eigenvalue weighted by atomic mass is 16.1. The van der Waals surface area contributed by atoms with Gasteiger partial charge in [-0.25, -0.2) is 0 Å². The summed E-state index contributed by atoms with van der Waals surface area (Å²) in [6.07, 6.45) is 5.05. The van der Waals surface area contributed by atoms with E-state index in [0.717, 1.165) is 5.56 Å². The van der Waals surface area contributed by atoms with Crippen LogP contribution in [0.1, 0.15) is 22.8 Å². The maximum absolute atomic E-state index is 11.3. The molecule has 1 nitrogen and oxygen atoms in total. The predicted molar refractivity (Wildman–Crippen MR) is 55.7 cm³/mol. The molecule has 1 heteroatoms. The van der Waals surface area contributed by atoms with Gasteiger partial charge < -0.3 is 0 Å². The third kappa shape index (κ3) is 2.41. The number of allylic oxidation sites excluding steroid dienone is 2. The summed E-state index contributed by atoms with van der Waals surface area (Å²) in [7, 11) is 0. The molecule has 0 aromatic heterocycles. The van der Waals surface area contributed by atoms with Crippen LogP contribution in [0, 0.1) is 0 Å². The summed E-state index contributed by atoms with van der Waals surface area (Å²) in [5.74, 6) is 0.0399. The van der Waals surface area contributed by atoms with E-state index in [-0.39, 0.29) is 5.78 Å². The molecule has 0 aliphatic heterocycles. The Kier molecular flexibility index (Phi) is 3.21. The van der Waals surface area contributed by atoms with Crippen molar-refractivity contribution in [3.8, 4) is 0 Å². The lowest BCUT2D eigenvalue weighted by atomic mass is 10.1. The molecule has 0 spiro atoms. The summed E-state index contributed by atoms with van der Waals surface area (Å²) in [6.45, 7) is 5.47. The van der Waals surface area contributed by atoms with E-state index in [1.165, 1.54) is 0 Å². The third-order valence-electron chi connectivity index (χ3n) is 1.75. The van der Waals surface area contributed by atoms with Crippen LogP contribution in [0.3, 0.4) is 0 Å². The van der Waals surface area contributed by atoms with E-state index in [2.05, 4.69) is 6.58 Å². The maximum Gasteiger partial charge on any atom is 0.185 e. The maximum atomic E-state index is 11.3. The van der Waals surface area contributed by atoms with Crippen molar-refractivity contribution in [1.29, 1.82) is 0 Å². The average molecular weight is 172 g/mol. The van der Waals surface area contributed by atoms with Crippen molar-refractivity contribution in [2.24, 2.45) is 0 Å². The van der Waals surface area contributed by atoms with E-state index in [1.54, 1.807) is 30.4 Å². The Labute approximate surface area is 78.4 Å². The number of rotatable bonds is 3. The molecule has 0 heterocycles. The van der Waals surface area contributed by atoms with Gasteiger partial charge in [0.15, 0.2) is 5.78 Å². The largest absolute Gasteiger partial charge is 0.289 e. The number of carbonyl (C=O) groups excluding carboxylic acids is 1. The zero-order valence-corrected chi connectivity index (χ0v) is 7.66. The standard InChI is InChI=1S/C12H12O/c1-3-5-12(13)11-8-6-10(4-2)7-9-11/h3-9H,2H2,1H3/b5-3+. The van der Waals surface area contributed by atoms with Gasteiger partial charge in [0.25, 0.3) is 0 Å². The van der Waals surface area contributed by atoms with Crippen LogP contribution in [0.15, 0.2) is 43.0 Å². The molecule has 0 aliphatic carbocycles. The fourth-order valence-electron chi connectivity index (χ4n) is 1.03. The van der Waals surface area contributed by atoms with E-state index in [0.29, 0.717) is 5.56 Å². The third-order valence-corrected chi connectivity index (χ3v) is 1.75. The Morgan fingerprint density at radius 1 is 1.31 bits per heavy atom. The number of hydrogen-bond donors (Lipinski definition) is 0. The summed E-state index contributed by atoms with van der Waals surface area (Å²) in [6, 6.07) is 7.37. The van der Waals surface area contributed by atoms with Gasteiger partial charge in [0.1, 0.15) is 0 Å². The summed E-state index contributed by atoms with van der Waals surface area (Å²) in [5.41, 5.74) is 1.74. The van der Waals surface area contributed by atoms with Gasteiger partial charge >= 0.3 is 0 Å². The molecular formula is C12H12O. The van der Waals surface area contributed by atoms with E-state index in [9.17, 15) is 4.79 Å². The van der Waals surface area contributed by atoms with Gasteiger partial charge in [-0.05, 0) is 18.6 Å². The van der Waals surface area contributed by atoms with Gasteiger partial charge in [0, 0.05) is 5.56 Å². The van der Waals surface area contributed by atoms with Gasteiger partial charge in [-0.2, -0.15) is 0 Å². The minimum atomic E-state index is 0.0399. The molecule has 1 aromatic carbocycles. The Morgan fingerprint density at radius 2 is 1.92 bits per heavy atom. The molecule has 0 saturated carbocycles. The number of benzene rings is 1. The van der Waals surface area contributed by atoms with Gasteiger partial charge in [0.2, 0.25) is 0 Å². The smallest absolute Gasteiger partial charge is 0.185 e. The summed E-state index contributed by atoms with van der Waals surface area (Å²) in [5, 5.41) is 0. The van der Waals surface area contributed by atoms with Crippen LogP contribution in [0.5, 0.6) is 0 Å². The van der Waals surface area contributed by atoms with E-state index >= 15 is 0 Å². The van der Waals surface area contributed by atoms with Crippen molar-refractivity contribution in [3.63, 3.8) is 0 Å². The quantitative estimate of drug-likeness (QED) is 0.505. The van der Waals surface area contributed by atoms with Gasteiger partial charge in [-0.3, -0.25) is 4.79 Å². The minimum Gasteiger partial charge on any atom is -0.289 e. The van der Waals surface area contributed by atoms with Gasteiger partial charge in [0.05, 0.1) is 0 Å². The van der Waals surface area contributed by atoms with Crippen molar-refractivity contribution < 1.29 is 4.79 Å². The molecule has 0 aliphatic rings. The van der Waals surface area contributed by atoms with Crippen LogP contribution in [0.25, 0.3) is 6.08 Å². The second-order valence-corrected chi connectivity index (χ2v) is 2.69. The average Bonchev–Trinajstić information content (AvgIpc) is 2.18. The van der Waals surface area contributed by atoms with Crippen molar-refractivity contribution in [2.45, 2.75) is 6.92 Å². The van der Waals surface area contributed by atoms with E-state index < -0.39 is 0 Å². The first kappa shape index (κ1) is 9.46. The highest BCUT2D eigenvalue weighted by Crippen LogP contribution is 2.06. The van der Waals surface area contributed by atoms with Crippen LogP contribution in [-0.4, -0.2) is 5.78 Å². The highest BCUT2D eigenvalue weighted by Gasteiger charge is 1.98. The Bertz CT molecular complexity index is 331.